The van der Waals surface area contributed by atoms with Crippen molar-refractivity contribution in [3.05, 3.63) is 27.4 Å². The van der Waals surface area contributed by atoms with Crippen molar-refractivity contribution in [3.63, 3.8) is 0 Å². The van der Waals surface area contributed by atoms with Gasteiger partial charge in [-0.1, -0.05) is 13.8 Å². The number of carboxylic acids is 1. The van der Waals surface area contributed by atoms with E-state index in [4.69, 9.17) is 5.11 Å². The number of hydrogen-bond acceptors (Lipinski definition) is 3. The fourth-order valence-corrected chi connectivity index (χ4v) is 2.63. The lowest BCUT2D eigenvalue weighted by Gasteiger charge is -2.17. The van der Waals surface area contributed by atoms with Crippen LogP contribution in [0.4, 0.5) is 0 Å². The van der Waals surface area contributed by atoms with Gasteiger partial charge in [-0.25, -0.2) is 4.79 Å². The Morgan fingerprint density at radius 3 is 2.60 bits per heavy atom. The van der Waals surface area contributed by atoms with Gasteiger partial charge < -0.3 is 5.11 Å². The summed E-state index contributed by atoms with van der Waals surface area (Å²) in [6.45, 7) is 8.24. The van der Waals surface area contributed by atoms with Crippen LogP contribution in [0.25, 0.3) is 0 Å². The Balaban J connectivity index is 2.33. The molecule has 0 spiro atoms. The average Bonchev–Trinajstić information content (AvgIpc) is 3.05. The first-order chi connectivity index (χ1) is 9.31. The lowest BCUT2D eigenvalue weighted by Crippen LogP contribution is -2.29. The highest BCUT2D eigenvalue weighted by molar-refractivity contribution is 5.70. The molecule has 1 saturated carbocycles. The van der Waals surface area contributed by atoms with Crippen LogP contribution < -0.4 is 5.69 Å². The van der Waals surface area contributed by atoms with Crippen molar-refractivity contribution in [2.45, 2.75) is 47.1 Å². The van der Waals surface area contributed by atoms with E-state index in [9.17, 15) is 9.59 Å². The Hall–Kier alpha value is -1.65. The highest BCUT2D eigenvalue weighted by Crippen LogP contribution is 2.38. The van der Waals surface area contributed by atoms with E-state index in [1.807, 2.05) is 6.92 Å². The van der Waals surface area contributed by atoms with Crippen LogP contribution in [0.1, 0.15) is 37.2 Å². The first kappa shape index (κ1) is 14.8. The third-order valence-corrected chi connectivity index (χ3v) is 4.40. The van der Waals surface area contributed by atoms with E-state index in [0.717, 1.165) is 17.7 Å². The van der Waals surface area contributed by atoms with Crippen LogP contribution in [0.5, 0.6) is 0 Å². The van der Waals surface area contributed by atoms with E-state index in [1.54, 1.807) is 18.4 Å². The highest BCUT2D eigenvalue weighted by atomic mass is 16.4. The summed E-state index contributed by atoms with van der Waals surface area (Å²) in [7, 11) is 0. The molecule has 1 aromatic heterocycles. The van der Waals surface area contributed by atoms with Crippen molar-refractivity contribution in [3.8, 4) is 0 Å². The summed E-state index contributed by atoms with van der Waals surface area (Å²) >= 11 is 0. The smallest absolute Gasteiger partial charge is 0.347 e. The summed E-state index contributed by atoms with van der Waals surface area (Å²) < 4.78 is 1.71. The zero-order valence-electron chi connectivity index (χ0n) is 12.5. The van der Waals surface area contributed by atoms with E-state index in [0.29, 0.717) is 30.5 Å². The standard InChI is InChI=1S/C15H22N2O3/c1-8-5-12(8)7-17-11(4)13(6-9(2)14(18)19)10(3)16-15(17)20/h8-9,12H,5-7H2,1-4H3,(H,18,19). The molecule has 20 heavy (non-hydrogen) atoms. The van der Waals surface area contributed by atoms with Crippen molar-refractivity contribution in [1.82, 2.24) is 9.55 Å². The summed E-state index contributed by atoms with van der Waals surface area (Å²) in [5.41, 5.74) is 2.20. The highest BCUT2D eigenvalue weighted by Gasteiger charge is 2.33. The molecule has 5 heteroatoms. The topological polar surface area (TPSA) is 72.2 Å². The SMILES string of the molecule is Cc1nc(=O)n(CC2CC2C)c(C)c1CC(C)C(=O)O. The third kappa shape index (κ3) is 2.92. The molecule has 1 aromatic rings. The van der Waals surface area contributed by atoms with Crippen LogP contribution in [0.3, 0.4) is 0 Å². The molecule has 5 nitrogen and oxygen atoms in total. The van der Waals surface area contributed by atoms with Gasteiger partial charge in [-0.05, 0) is 44.1 Å². The second-order valence-corrected chi connectivity index (χ2v) is 6.07. The lowest BCUT2D eigenvalue weighted by molar-refractivity contribution is -0.141. The minimum absolute atomic E-state index is 0.217. The van der Waals surface area contributed by atoms with Gasteiger partial charge in [0.1, 0.15) is 0 Å². The quantitative estimate of drug-likeness (QED) is 0.891. The first-order valence-electron chi connectivity index (χ1n) is 7.11. The van der Waals surface area contributed by atoms with E-state index >= 15 is 0 Å². The summed E-state index contributed by atoms with van der Waals surface area (Å²) in [5.74, 6) is -0.0676. The fraction of sp³-hybridized carbons (Fsp3) is 0.667. The molecule has 1 heterocycles. The molecular weight excluding hydrogens is 256 g/mol. The Labute approximate surface area is 118 Å². The fourth-order valence-electron chi connectivity index (χ4n) is 2.63. The second-order valence-electron chi connectivity index (χ2n) is 6.07. The van der Waals surface area contributed by atoms with Gasteiger partial charge in [0.2, 0.25) is 0 Å². The maximum Gasteiger partial charge on any atom is 0.347 e. The summed E-state index contributed by atoms with van der Waals surface area (Å²) in [6, 6.07) is 0. The maximum atomic E-state index is 12.0. The van der Waals surface area contributed by atoms with E-state index in [1.165, 1.54) is 0 Å². The Kier molecular flexibility index (Phi) is 3.97. The van der Waals surface area contributed by atoms with Gasteiger partial charge in [-0.3, -0.25) is 9.36 Å². The predicted molar refractivity (Wildman–Crippen MR) is 75.7 cm³/mol. The number of aromatic nitrogens is 2. The van der Waals surface area contributed by atoms with Gasteiger partial charge in [0, 0.05) is 17.9 Å². The van der Waals surface area contributed by atoms with Crippen molar-refractivity contribution < 1.29 is 9.90 Å². The number of aliphatic carboxylic acids is 1. The predicted octanol–water partition coefficient (Wildman–Crippen LogP) is 1.78. The molecule has 1 aliphatic rings. The zero-order chi connectivity index (χ0) is 15.0. The monoisotopic (exact) mass is 278 g/mol. The van der Waals surface area contributed by atoms with E-state index < -0.39 is 11.9 Å². The number of aryl methyl sites for hydroxylation is 1. The molecule has 0 bridgehead atoms. The van der Waals surface area contributed by atoms with Crippen LogP contribution in [0.2, 0.25) is 0 Å². The molecule has 1 aliphatic carbocycles. The van der Waals surface area contributed by atoms with Gasteiger partial charge >= 0.3 is 11.7 Å². The Bertz CT molecular complexity index is 592. The van der Waals surface area contributed by atoms with Crippen LogP contribution in [-0.4, -0.2) is 20.6 Å². The van der Waals surface area contributed by atoms with Gasteiger partial charge in [-0.2, -0.15) is 4.98 Å². The van der Waals surface area contributed by atoms with Crippen molar-refractivity contribution in [2.24, 2.45) is 17.8 Å². The van der Waals surface area contributed by atoms with Crippen LogP contribution in [0, 0.1) is 31.6 Å². The number of hydrogen-bond donors (Lipinski definition) is 1. The van der Waals surface area contributed by atoms with Gasteiger partial charge in [-0.15, -0.1) is 0 Å². The minimum atomic E-state index is -0.822. The average molecular weight is 278 g/mol. The van der Waals surface area contributed by atoms with Gasteiger partial charge in [0.25, 0.3) is 0 Å². The van der Waals surface area contributed by atoms with Crippen LogP contribution >= 0.6 is 0 Å². The molecule has 0 radical (unpaired) electrons. The molecule has 3 atom stereocenters. The number of rotatable bonds is 5. The van der Waals surface area contributed by atoms with Crippen LogP contribution in [-0.2, 0) is 17.8 Å². The summed E-state index contributed by atoms with van der Waals surface area (Å²) in [5, 5.41) is 9.05. The molecule has 1 N–H and O–H groups in total. The van der Waals surface area contributed by atoms with Crippen molar-refractivity contribution in [2.75, 3.05) is 0 Å². The second kappa shape index (κ2) is 5.38. The third-order valence-electron chi connectivity index (χ3n) is 4.40. The molecule has 0 aliphatic heterocycles. The van der Waals surface area contributed by atoms with Gasteiger partial charge in [0.05, 0.1) is 5.92 Å². The van der Waals surface area contributed by atoms with Gasteiger partial charge in [0.15, 0.2) is 0 Å². The summed E-state index contributed by atoms with van der Waals surface area (Å²) in [6.07, 6.45) is 1.57. The summed E-state index contributed by atoms with van der Waals surface area (Å²) in [4.78, 5) is 27.1. The number of nitrogens with zero attached hydrogens (tertiary/aromatic N) is 2. The molecule has 0 aromatic carbocycles. The molecule has 0 amide bonds. The maximum absolute atomic E-state index is 12.0. The normalized spacial score (nSPS) is 22.6. The van der Waals surface area contributed by atoms with Crippen LogP contribution in [0.15, 0.2) is 4.79 Å². The largest absolute Gasteiger partial charge is 0.481 e. The number of carbonyl (C=O) groups is 1. The molecule has 110 valence electrons. The molecule has 2 rings (SSSR count). The van der Waals surface area contributed by atoms with E-state index in [2.05, 4.69) is 11.9 Å². The molecule has 3 unspecified atom stereocenters. The lowest BCUT2D eigenvalue weighted by atomic mass is 9.99. The first-order valence-corrected chi connectivity index (χ1v) is 7.11. The van der Waals surface area contributed by atoms with Crippen molar-refractivity contribution in [1.29, 1.82) is 0 Å². The zero-order valence-corrected chi connectivity index (χ0v) is 12.5. The Morgan fingerprint density at radius 1 is 1.50 bits per heavy atom. The molecular formula is C15H22N2O3. The molecule has 0 saturated heterocycles. The van der Waals surface area contributed by atoms with Crippen molar-refractivity contribution >= 4 is 5.97 Å². The molecule has 1 fully saturated rings. The van der Waals surface area contributed by atoms with E-state index in [-0.39, 0.29) is 5.69 Å². The Morgan fingerprint density at radius 2 is 2.10 bits per heavy atom. The minimum Gasteiger partial charge on any atom is -0.481 e. The number of carboxylic acid groups (broad SMARTS) is 1.